The van der Waals surface area contributed by atoms with Crippen molar-refractivity contribution in [3.63, 3.8) is 0 Å². The topological polar surface area (TPSA) is 12.5 Å². The van der Waals surface area contributed by atoms with Gasteiger partial charge in [-0.2, -0.15) is 0 Å². The standard InChI is InChI=1S/C18H17ClFNO/c1-21-9-13-3-2-11-6-7-22-18(11)17(13)14(10-21)12-4-5-16(20)15(19)8-12/h2-5,8,14H,6-7,9-10H2,1H3. The number of rotatable bonds is 1. The number of fused-ring (bicyclic) bond motifs is 3. The van der Waals surface area contributed by atoms with Gasteiger partial charge in [-0.25, -0.2) is 4.39 Å². The molecule has 0 saturated heterocycles. The highest BCUT2D eigenvalue weighted by molar-refractivity contribution is 6.30. The molecule has 1 atom stereocenters. The van der Waals surface area contributed by atoms with Gasteiger partial charge in [-0.3, -0.25) is 0 Å². The Morgan fingerprint density at radius 3 is 2.86 bits per heavy atom. The summed E-state index contributed by atoms with van der Waals surface area (Å²) in [5.74, 6) is 0.834. The summed E-state index contributed by atoms with van der Waals surface area (Å²) >= 11 is 5.99. The van der Waals surface area contributed by atoms with Crippen molar-refractivity contribution in [1.29, 1.82) is 0 Å². The first-order valence-electron chi connectivity index (χ1n) is 7.54. The van der Waals surface area contributed by atoms with E-state index in [0.717, 1.165) is 37.4 Å². The summed E-state index contributed by atoms with van der Waals surface area (Å²) in [6.45, 7) is 2.55. The van der Waals surface area contributed by atoms with Crippen LogP contribution in [0.25, 0.3) is 0 Å². The van der Waals surface area contributed by atoms with Gasteiger partial charge in [-0.1, -0.05) is 29.8 Å². The van der Waals surface area contributed by atoms with Crippen molar-refractivity contribution in [3.8, 4) is 5.75 Å². The Hall–Kier alpha value is -1.58. The Labute approximate surface area is 134 Å². The predicted molar refractivity (Wildman–Crippen MR) is 85.2 cm³/mol. The molecule has 0 fully saturated rings. The normalized spacial score (nSPS) is 20.4. The number of ether oxygens (including phenoxy) is 1. The average molecular weight is 318 g/mol. The lowest BCUT2D eigenvalue weighted by atomic mass is 9.83. The molecule has 2 aliphatic heterocycles. The Morgan fingerprint density at radius 1 is 1.23 bits per heavy atom. The largest absolute Gasteiger partial charge is 0.493 e. The minimum atomic E-state index is -0.371. The van der Waals surface area contributed by atoms with Gasteiger partial charge >= 0.3 is 0 Å². The van der Waals surface area contributed by atoms with Gasteiger partial charge in [0.25, 0.3) is 0 Å². The molecule has 114 valence electrons. The van der Waals surface area contributed by atoms with Gasteiger partial charge in [0.1, 0.15) is 11.6 Å². The van der Waals surface area contributed by atoms with E-state index in [0.29, 0.717) is 0 Å². The van der Waals surface area contributed by atoms with Crippen LogP contribution in [0, 0.1) is 5.82 Å². The van der Waals surface area contributed by atoms with Crippen LogP contribution in [0.15, 0.2) is 30.3 Å². The van der Waals surface area contributed by atoms with Crippen LogP contribution in [0.4, 0.5) is 4.39 Å². The lowest BCUT2D eigenvalue weighted by molar-refractivity contribution is 0.286. The van der Waals surface area contributed by atoms with E-state index >= 15 is 0 Å². The maximum absolute atomic E-state index is 13.5. The van der Waals surface area contributed by atoms with Crippen molar-refractivity contribution < 1.29 is 9.13 Å². The van der Waals surface area contributed by atoms with E-state index in [1.165, 1.54) is 22.8 Å². The summed E-state index contributed by atoms with van der Waals surface area (Å²) in [6.07, 6.45) is 0.968. The molecule has 0 aliphatic carbocycles. The Morgan fingerprint density at radius 2 is 2.05 bits per heavy atom. The second kappa shape index (κ2) is 5.25. The van der Waals surface area contributed by atoms with Gasteiger partial charge in [-0.05, 0) is 35.9 Å². The summed E-state index contributed by atoms with van der Waals surface area (Å²) in [4.78, 5) is 2.28. The van der Waals surface area contributed by atoms with E-state index in [9.17, 15) is 4.39 Å². The highest BCUT2D eigenvalue weighted by atomic mass is 35.5. The van der Waals surface area contributed by atoms with Crippen LogP contribution in [0.5, 0.6) is 5.75 Å². The molecule has 0 bridgehead atoms. The van der Waals surface area contributed by atoms with Gasteiger partial charge < -0.3 is 9.64 Å². The zero-order chi connectivity index (χ0) is 15.3. The van der Waals surface area contributed by atoms with Gasteiger partial charge in [0, 0.05) is 31.0 Å². The van der Waals surface area contributed by atoms with Crippen molar-refractivity contribution in [2.75, 3.05) is 20.2 Å². The van der Waals surface area contributed by atoms with Crippen LogP contribution in [0.3, 0.4) is 0 Å². The highest BCUT2D eigenvalue weighted by Gasteiger charge is 2.31. The molecular weight excluding hydrogens is 301 g/mol. The van der Waals surface area contributed by atoms with E-state index < -0.39 is 0 Å². The molecule has 2 heterocycles. The number of benzene rings is 2. The molecule has 0 saturated carbocycles. The smallest absolute Gasteiger partial charge is 0.141 e. The fourth-order valence-corrected chi connectivity index (χ4v) is 3.78. The van der Waals surface area contributed by atoms with E-state index in [2.05, 4.69) is 24.1 Å². The third kappa shape index (κ3) is 2.20. The summed E-state index contributed by atoms with van der Waals surface area (Å²) in [5, 5.41) is 0.181. The first kappa shape index (κ1) is 14.0. The number of nitrogens with zero attached hydrogens (tertiary/aromatic N) is 1. The molecule has 2 aromatic rings. The fraction of sp³-hybridized carbons (Fsp3) is 0.333. The molecule has 0 radical (unpaired) electrons. The predicted octanol–water partition coefficient (Wildman–Crippen LogP) is 3.99. The van der Waals surface area contributed by atoms with E-state index in [1.54, 1.807) is 6.07 Å². The summed E-state index contributed by atoms with van der Waals surface area (Å²) in [6, 6.07) is 9.42. The maximum Gasteiger partial charge on any atom is 0.141 e. The van der Waals surface area contributed by atoms with Crippen LogP contribution >= 0.6 is 11.6 Å². The van der Waals surface area contributed by atoms with Gasteiger partial charge in [0.15, 0.2) is 0 Å². The first-order chi connectivity index (χ1) is 10.6. The minimum absolute atomic E-state index is 0.167. The lowest BCUT2D eigenvalue weighted by Gasteiger charge is -2.33. The Balaban J connectivity index is 1.88. The zero-order valence-corrected chi connectivity index (χ0v) is 13.2. The lowest BCUT2D eigenvalue weighted by Crippen LogP contribution is -2.31. The second-order valence-electron chi connectivity index (χ2n) is 6.15. The second-order valence-corrected chi connectivity index (χ2v) is 6.56. The third-order valence-electron chi connectivity index (χ3n) is 4.61. The monoisotopic (exact) mass is 317 g/mol. The molecule has 0 aromatic heterocycles. The van der Waals surface area contributed by atoms with E-state index in [1.807, 2.05) is 6.07 Å². The number of halogens is 2. The molecule has 22 heavy (non-hydrogen) atoms. The highest BCUT2D eigenvalue weighted by Crippen LogP contribution is 2.43. The van der Waals surface area contributed by atoms with Crippen molar-refractivity contribution >= 4 is 11.6 Å². The molecule has 2 aromatic carbocycles. The van der Waals surface area contributed by atoms with E-state index in [-0.39, 0.29) is 16.8 Å². The number of hydrogen-bond donors (Lipinski definition) is 0. The SMILES string of the molecule is CN1Cc2ccc3c(c2C(c2ccc(F)c(Cl)c2)C1)OCC3. The molecule has 0 N–H and O–H groups in total. The quantitative estimate of drug-likeness (QED) is 0.788. The van der Waals surface area contributed by atoms with Crippen LogP contribution in [0.2, 0.25) is 5.02 Å². The molecular formula is C18H17ClFNO. The average Bonchev–Trinajstić information content (AvgIpc) is 2.97. The van der Waals surface area contributed by atoms with Crippen molar-refractivity contribution in [3.05, 3.63) is 63.4 Å². The van der Waals surface area contributed by atoms with Crippen molar-refractivity contribution in [2.45, 2.75) is 18.9 Å². The molecule has 0 spiro atoms. The first-order valence-corrected chi connectivity index (χ1v) is 7.92. The van der Waals surface area contributed by atoms with Crippen LogP contribution in [-0.4, -0.2) is 25.1 Å². The third-order valence-corrected chi connectivity index (χ3v) is 4.90. The molecule has 4 heteroatoms. The summed E-state index contributed by atoms with van der Waals surface area (Å²) in [7, 11) is 2.11. The van der Waals surface area contributed by atoms with E-state index in [4.69, 9.17) is 16.3 Å². The van der Waals surface area contributed by atoms with Crippen LogP contribution in [-0.2, 0) is 13.0 Å². The molecule has 2 aliphatic rings. The zero-order valence-electron chi connectivity index (χ0n) is 12.4. The molecule has 2 nitrogen and oxygen atoms in total. The minimum Gasteiger partial charge on any atom is -0.493 e. The van der Waals surface area contributed by atoms with Crippen LogP contribution in [0.1, 0.15) is 28.2 Å². The van der Waals surface area contributed by atoms with Crippen molar-refractivity contribution in [2.24, 2.45) is 0 Å². The van der Waals surface area contributed by atoms with Gasteiger partial charge in [0.05, 0.1) is 11.6 Å². The van der Waals surface area contributed by atoms with Crippen molar-refractivity contribution in [1.82, 2.24) is 4.90 Å². The summed E-state index contributed by atoms with van der Waals surface area (Å²) < 4.78 is 19.4. The Kier molecular flexibility index (Phi) is 3.35. The Bertz CT molecular complexity index is 746. The maximum atomic E-state index is 13.5. The van der Waals surface area contributed by atoms with Gasteiger partial charge in [-0.15, -0.1) is 0 Å². The number of likely N-dealkylation sites (N-methyl/N-ethyl adjacent to an activating group) is 1. The molecule has 1 unspecified atom stereocenters. The molecule has 0 amide bonds. The fourth-order valence-electron chi connectivity index (χ4n) is 3.60. The van der Waals surface area contributed by atoms with Crippen LogP contribution < -0.4 is 4.74 Å². The molecule has 4 rings (SSSR count). The van der Waals surface area contributed by atoms with Gasteiger partial charge in [0.2, 0.25) is 0 Å². The number of hydrogen-bond acceptors (Lipinski definition) is 2. The summed E-state index contributed by atoms with van der Waals surface area (Å²) in [5.41, 5.74) is 4.88.